The van der Waals surface area contributed by atoms with E-state index in [2.05, 4.69) is 4.98 Å². The van der Waals surface area contributed by atoms with Gasteiger partial charge in [0, 0.05) is 18.9 Å². The van der Waals surface area contributed by atoms with E-state index in [1.165, 1.54) is 17.2 Å². The van der Waals surface area contributed by atoms with Crippen LogP contribution in [0.2, 0.25) is 0 Å². The van der Waals surface area contributed by atoms with E-state index in [0.717, 1.165) is 5.56 Å². The fourth-order valence-electron chi connectivity index (χ4n) is 3.57. The maximum atomic E-state index is 13.1. The van der Waals surface area contributed by atoms with Gasteiger partial charge in [-0.1, -0.05) is 18.2 Å². The van der Waals surface area contributed by atoms with Gasteiger partial charge in [-0.3, -0.25) is 14.6 Å². The molecule has 3 aromatic rings. The number of pyridine rings is 1. The van der Waals surface area contributed by atoms with Crippen molar-refractivity contribution in [2.24, 2.45) is 0 Å². The third-order valence-corrected chi connectivity index (χ3v) is 4.85. The van der Waals surface area contributed by atoms with Crippen molar-refractivity contribution >= 4 is 11.7 Å². The maximum absolute atomic E-state index is 13.1. The minimum Gasteiger partial charge on any atom is -0.503 e. The van der Waals surface area contributed by atoms with E-state index in [1.54, 1.807) is 48.8 Å². The van der Waals surface area contributed by atoms with E-state index in [4.69, 9.17) is 9.15 Å². The first-order chi connectivity index (χ1) is 14.6. The van der Waals surface area contributed by atoms with E-state index in [0.29, 0.717) is 17.9 Å². The summed E-state index contributed by atoms with van der Waals surface area (Å²) in [4.78, 5) is 31.6. The van der Waals surface area contributed by atoms with Gasteiger partial charge in [0.05, 0.1) is 24.5 Å². The van der Waals surface area contributed by atoms with E-state index < -0.39 is 23.5 Å². The summed E-state index contributed by atoms with van der Waals surface area (Å²) in [7, 11) is 0. The zero-order valence-corrected chi connectivity index (χ0v) is 16.3. The first-order valence-electron chi connectivity index (χ1n) is 9.54. The quantitative estimate of drug-likeness (QED) is 0.601. The molecule has 0 saturated heterocycles. The predicted octanol–water partition coefficient (Wildman–Crippen LogP) is 3.85. The van der Waals surface area contributed by atoms with Crippen molar-refractivity contribution in [3.8, 4) is 5.75 Å². The van der Waals surface area contributed by atoms with Crippen LogP contribution in [0, 0.1) is 0 Å². The first kappa shape index (κ1) is 19.4. The number of aliphatic hydroxyl groups excluding tert-OH is 1. The molecule has 0 spiro atoms. The number of benzene rings is 1. The predicted molar refractivity (Wildman–Crippen MR) is 108 cm³/mol. The Morgan fingerprint density at radius 2 is 2.10 bits per heavy atom. The summed E-state index contributed by atoms with van der Waals surface area (Å²) in [6, 6.07) is 13.0. The number of hydrogen-bond acceptors (Lipinski definition) is 6. The lowest BCUT2D eigenvalue weighted by atomic mass is 9.94. The Morgan fingerprint density at radius 1 is 1.23 bits per heavy atom. The van der Waals surface area contributed by atoms with Crippen LogP contribution in [0.5, 0.6) is 5.75 Å². The maximum Gasteiger partial charge on any atom is 0.290 e. The molecule has 1 amide bonds. The zero-order valence-electron chi connectivity index (χ0n) is 16.3. The number of aliphatic hydroxyl groups is 1. The van der Waals surface area contributed by atoms with Crippen molar-refractivity contribution in [2.45, 2.75) is 19.5 Å². The van der Waals surface area contributed by atoms with Crippen LogP contribution in [-0.4, -0.2) is 33.3 Å². The molecule has 7 heteroatoms. The van der Waals surface area contributed by atoms with Crippen LogP contribution < -0.4 is 4.74 Å². The van der Waals surface area contributed by atoms with Gasteiger partial charge >= 0.3 is 0 Å². The highest BCUT2D eigenvalue weighted by Crippen LogP contribution is 2.40. The van der Waals surface area contributed by atoms with Gasteiger partial charge in [-0.05, 0) is 48.4 Å². The molecule has 2 aromatic heterocycles. The van der Waals surface area contributed by atoms with Gasteiger partial charge in [0.15, 0.2) is 11.5 Å². The van der Waals surface area contributed by atoms with Gasteiger partial charge in [0.25, 0.3) is 5.91 Å². The van der Waals surface area contributed by atoms with Gasteiger partial charge in [0.2, 0.25) is 5.78 Å². The third-order valence-electron chi connectivity index (χ3n) is 4.85. The SMILES string of the molecule is CCOc1cccc([C@H]2C(C(=O)c3ccco3)=C(O)C(=O)N2Cc2cccnc2)c1. The minimum atomic E-state index is -0.796. The number of carbonyl (C=O) groups excluding carboxylic acids is 2. The molecule has 0 fully saturated rings. The monoisotopic (exact) mass is 404 g/mol. The molecule has 3 heterocycles. The average molecular weight is 404 g/mol. The fourth-order valence-corrected chi connectivity index (χ4v) is 3.57. The first-order valence-corrected chi connectivity index (χ1v) is 9.54. The summed E-state index contributed by atoms with van der Waals surface area (Å²) in [5.74, 6) is -1.07. The van der Waals surface area contributed by atoms with Crippen LogP contribution in [0.25, 0.3) is 0 Å². The highest BCUT2D eigenvalue weighted by Gasteiger charge is 2.44. The number of ether oxygens (including phenoxy) is 1. The molecular formula is C23H20N2O5. The molecule has 0 saturated carbocycles. The van der Waals surface area contributed by atoms with E-state index in [9.17, 15) is 14.7 Å². The Balaban J connectivity index is 1.80. The molecule has 1 N–H and O–H groups in total. The van der Waals surface area contributed by atoms with Crippen molar-refractivity contribution in [3.63, 3.8) is 0 Å². The molecule has 0 radical (unpaired) electrons. The number of rotatable bonds is 7. The molecule has 0 bridgehead atoms. The number of aromatic nitrogens is 1. The topological polar surface area (TPSA) is 92.9 Å². The summed E-state index contributed by atoms with van der Waals surface area (Å²) in [6.45, 7) is 2.53. The highest BCUT2D eigenvalue weighted by atomic mass is 16.5. The van der Waals surface area contributed by atoms with Crippen LogP contribution in [-0.2, 0) is 11.3 Å². The standard InChI is InChI=1S/C23H20N2O5/c1-2-29-17-8-3-7-16(12-17)20-19(21(26)18-9-5-11-30-18)22(27)23(28)25(20)14-15-6-4-10-24-13-15/h3-13,20,27H,2,14H2,1H3/t20-/m0/s1. The fraction of sp³-hybridized carbons (Fsp3) is 0.174. The second-order valence-electron chi connectivity index (χ2n) is 6.77. The van der Waals surface area contributed by atoms with E-state index >= 15 is 0 Å². The summed E-state index contributed by atoms with van der Waals surface area (Å²) in [5, 5.41) is 10.7. The van der Waals surface area contributed by atoms with Crippen molar-refractivity contribution < 1.29 is 23.8 Å². The number of Topliss-reactive ketones (excluding diaryl/α,β-unsaturated/α-hetero) is 1. The lowest BCUT2D eigenvalue weighted by Crippen LogP contribution is -2.30. The Bertz CT molecular complexity index is 1090. The molecule has 1 aliphatic rings. The number of carbonyl (C=O) groups is 2. The summed E-state index contributed by atoms with van der Waals surface area (Å²) in [5.41, 5.74) is 1.40. The Hall–Kier alpha value is -3.87. The van der Waals surface area contributed by atoms with Gasteiger partial charge < -0.3 is 19.2 Å². The van der Waals surface area contributed by atoms with Gasteiger partial charge in [-0.25, -0.2) is 0 Å². The van der Waals surface area contributed by atoms with Crippen LogP contribution >= 0.6 is 0 Å². The number of ketones is 1. The lowest BCUT2D eigenvalue weighted by Gasteiger charge is -2.27. The van der Waals surface area contributed by atoms with Crippen molar-refractivity contribution in [1.82, 2.24) is 9.88 Å². The zero-order chi connectivity index (χ0) is 21.1. The highest BCUT2D eigenvalue weighted by molar-refractivity contribution is 6.15. The second-order valence-corrected chi connectivity index (χ2v) is 6.77. The summed E-state index contributed by atoms with van der Waals surface area (Å²) < 4.78 is 10.8. The molecule has 1 aliphatic heterocycles. The smallest absolute Gasteiger partial charge is 0.290 e. The molecular weight excluding hydrogens is 384 g/mol. The molecule has 1 aromatic carbocycles. The molecule has 30 heavy (non-hydrogen) atoms. The van der Waals surface area contributed by atoms with Crippen molar-refractivity contribution in [2.75, 3.05) is 6.61 Å². The molecule has 7 nitrogen and oxygen atoms in total. The summed E-state index contributed by atoms with van der Waals surface area (Å²) in [6.07, 6.45) is 4.66. The van der Waals surface area contributed by atoms with Crippen molar-refractivity contribution in [1.29, 1.82) is 0 Å². The Labute approximate surface area is 173 Å². The van der Waals surface area contributed by atoms with Crippen molar-refractivity contribution in [3.05, 3.63) is 95.4 Å². The van der Waals surface area contributed by atoms with E-state index in [-0.39, 0.29) is 17.9 Å². The van der Waals surface area contributed by atoms with E-state index in [1.807, 2.05) is 13.0 Å². The normalized spacial score (nSPS) is 16.2. The minimum absolute atomic E-state index is 0.0208. The largest absolute Gasteiger partial charge is 0.503 e. The Morgan fingerprint density at radius 3 is 2.80 bits per heavy atom. The number of nitrogens with zero attached hydrogens (tertiary/aromatic N) is 2. The summed E-state index contributed by atoms with van der Waals surface area (Å²) >= 11 is 0. The van der Waals surface area contributed by atoms with Crippen LogP contribution in [0.1, 0.15) is 34.6 Å². The molecule has 4 rings (SSSR count). The number of amides is 1. The number of furan rings is 1. The molecule has 1 atom stereocenters. The lowest BCUT2D eigenvalue weighted by molar-refractivity contribution is -0.130. The molecule has 0 unspecified atom stereocenters. The molecule has 0 aliphatic carbocycles. The molecule has 152 valence electrons. The van der Waals surface area contributed by atoms with Gasteiger partial charge in [-0.15, -0.1) is 0 Å². The number of hydrogen-bond donors (Lipinski definition) is 1. The van der Waals surface area contributed by atoms with Crippen LogP contribution in [0.15, 0.2) is 82.9 Å². The van der Waals surface area contributed by atoms with Gasteiger partial charge in [0.1, 0.15) is 5.75 Å². The van der Waals surface area contributed by atoms with Crippen LogP contribution in [0.3, 0.4) is 0 Å². The second kappa shape index (κ2) is 8.24. The third kappa shape index (κ3) is 3.57. The van der Waals surface area contributed by atoms with Crippen LogP contribution in [0.4, 0.5) is 0 Å². The average Bonchev–Trinajstić information content (AvgIpc) is 3.38. The Kier molecular flexibility index (Phi) is 5.34. The van der Waals surface area contributed by atoms with Gasteiger partial charge in [-0.2, -0.15) is 0 Å².